The van der Waals surface area contributed by atoms with Crippen LogP contribution in [0.15, 0.2) is 47.4 Å². The van der Waals surface area contributed by atoms with Crippen molar-refractivity contribution in [1.82, 2.24) is 0 Å². The number of hydrogen-bond acceptors (Lipinski definition) is 3. The largest absolute Gasteiger partial charge is 0.617 e. The third kappa shape index (κ3) is 5.57. The Labute approximate surface area is 166 Å². The number of rotatable bonds is 8. The minimum Gasteiger partial charge on any atom is -0.617 e. The Bertz CT molecular complexity index is 877. The molecule has 0 radical (unpaired) electrons. The van der Waals surface area contributed by atoms with Gasteiger partial charge in [0.15, 0.2) is 0 Å². The molecule has 0 bridgehead atoms. The van der Waals surface area contributed by atoms with Crippen LogP contribution in [0.4, 0.5) is 14.5 Å². The summed E-state index contributed by atoms with van der Waals surface area (Å²) in [5.41, 5.74) is -0.366. The molecule has 1 unspecified atom stereocenters. The van der Waals surface area contributed by atoms with E-state index in [0.717, 1.165) is 22.5 Å². The zero-order valence-corrected chi connectivity index (χ0v) is 17.3. The van der Waals surface area contributed by atoms with E-state index in [1.165, 1.54) is 24.3 Å². The van der Waals surface area contributed by atoms with E-state index in [1.807, 2.05) is 0 Å². The van der Waals surface area contributed by atoms with Crippen LogP contribution in [0.25, 0.3) is 0 Å². The summed E-state index contributed by atoms with van der Waals surface area (Å²) in [4.78, 5) is -0.0820. The average molecular weight is 436 g/mol. The first-order valence-corrected chi connectivity index (χ1v) is 11.7. The Hall–Kier alpha value is -1.35. The molecule has 2 rings (SSSR count). The molecule has 4 nitrogen and oxygen atoms in total. The standard InChI is InChI=1S/C18H20ClF2NO3S2/c1-13(4-3-11-26(2)23)22(18-12-15(20)7-10-17(18)21)27(24,25)16-8-5-14(19)6-9-16/h5-10,12-13H,3-4,11H2,1-2H3/t13-,26?/m1/s1. The molecule has 148 valence electrons. The second-order valence-corrected chi connectivity index (χ2v) is 9.93. The van der Waals surface area contributed by atoms with Crippen molar-refractivity contribution in [3.8, 4) is 0 Å². The second-order valence-electron chi connectivity index (χ2n) is 6.12. The minimum absolute atomic E-state index is 0.0820. The van der Waals surface area contributed by atoms with Crippen LogP contribution in [0.1, 0.15) is 19.8 Å². The SMILES string of the molecule is C[C@H](CCC[S+](C)[O-])N(c1cc(F)ccc1F)S(=O)(=O)c1ccc(Cl)cc1. The van der Waals surface area contributed by atoms with Gasteiger partial charge >= 0.3 is 0 Å². The van der Waals surface area contributed by atoms with Crippen LogP contribution < -0.4 is 4.31 Å². The van der Waals surface area contributed by atoms with E-state index in [9.17, 15) is 21.8 Å². The van der Waals surface area contributed by atoms with Crippen molar-refractivity contribution in [2.75, 3.05) is 16.3 Å². The molecule has 9 heteroatoms. The minimum atomic E-state index is -4.17. The first-order chi connectivity index (χ1) is 12.6. The zero-order valence-electron chi connectivity index (χ0n) is 14.9. The summed E-state index contributed by atoms with van der Waals surface area (Å²) in [7, 11) is -4.17. The van der Waals surface area contributed by atoms with E-state index in [1.54, 1.807) is 13.2 Å². The number of halogens is 3. The molecule has 2 atom stereocenters. The van der Waals surface area contributed by atoms with Gasteiger partial charge in [0, 0.05) is 17.1 Å². The lowest BCUT2D eigenvalue weighted by molar-refractivity contribution is 0.554. The molecule has 0 heterocycles. The van der Waals surface area contributed by atoms with E-state index >= 15 is 0 Å². The van der Waals surface area contributed by atoms with Gasteiger partial charge in [0.25, 0.3) is 10.0 Å². The second kappa shape index (κ2) is 9.23. The highest BCUT2D eigenvalue weighted by Gasteiger charge is 2.31. The van der Waals surface area contributed by atoms with Crippen molar-refractivity contribution < 1.29 is 21.8 Å². The van der Waals surface area contributed by atoms with Crippen LogP contribution in [0.2, 0.25) is 5.02 Å². The Morgan fingerprint density at radius 2 is 1.81 bits per heavy atom. The van der Waals surface area contributed by atoms with Gasteiger partial charge in [-0.15, -0.1) is 0 Å². The van der Waals surface area contributed by atoms with Crippen molar-refractivity contribution >= 4 is 38.5 Å². The maximum atomic E-state index is 14.4. The summed E-state index contributed by atoms with van der Waals surface area (Å²) in [6.45, 7) is 1.61. The van der Waals surface area contributed by atoms with Gasteiger partial charge in [-0.25, -0.2) is 17.2 Å². The molecule has 0 fully saturated rings. The van der Waals surface area contributed by atoms with E-state index < -0.39 is 38.9 Å². The highest BCUT2D eigenvalue weighted by Crippen LogP contribution is 2.31. The number of anilines is 1. The normalized spacial score (nSPS) is 14.0. The molecule has 0 aliphatic heterocycles. The number of nitrogens with zero attached hydrogens (tertiary/aromatic N) is 1. The maximum absolute atomic E-state index is 14.4. The molecule has 2 aromatic carbocycles. The Balaban J connectivity index is 2.48. The van der Waals surface area contributed by atoms with Crippen molar-refractivity contribution in [1.29, 1.82) is 0 Å². The Morgan fingerprint density at radius 1 is 1.19 bits per heavy atom. The van der Waals surface area contributed by atoms with Crippen LogP contribution >= 0.6 is 11.6 Å². The lowest BCUT2D eigenvalue weighted by Gasteiger charge is -2.31. The summed E-state index contributed by atoms with van der Waals surface area (Å²) < 4.78 is 66.6. The predicted octanol–water partition coefficient (Wildman–Crippen LogP) is 4.36. The average Bonchev–Trinajstić information content (AvgIpc) is 2.58. The van der Waals surface area contributed by atoms with E-state index in [0.29, 0.717) is 23.6 Å². The Kier molecular flexibility index (Phi) is 7.50. The third-order valence-corrected chi connectivity index (χ3v) is 7.03. The van der Waals surface area contributed by atoms with Gasteiger partial charge in [-0.3, -0.25) is 4.31 Å². The predicted molar refractivity (Wildman–Crippen MR) is 105 cm³/mol. The molecule has 0 aromatic heterocycles. The number of hydrogen-bond donors (Lipinski definition) is 0. The fourth-order valence-electron chi connectivity index (χ4n) is 2.68. The Morgan fingerprint density at radius 3 is 2.41 bits per heavy atom. The monoisotopic (exact) mass is 435 g/mol. The molecule has 0 N–H and O–H groups in total. The van der Waals surface area contributed by atoms with E-state index in [4.69, 9.17) is 11.6 Å². The smallest absolute Gasteiger partial charge is 0.264 e. The fraction of sp³-hybridized carbons (Fsp3) is 0.333. The summed E-state index contributed by atoms with van der Waals surface area (Å²) in [5.74, 6) is -1.20. The van der Waals surface area contributed by atoms with Gasteiger partial charge < -0.3 is 4.55 Å². The van der Waals surface area contributed by atoms with Crippen molar-refractivity contribution in [2.45, 2.75) is 30.7 Å². The summed E-state index contributed by atoms with van der Waals surface area (Å²) >= 11 is 4.79. The number of benzene rings is 2. The van der Waals surface area contributed by atoms with Gasteiger partial charge in [-0.2, -0.15) is 0 Å². The molecule has 2 aromatic rings. The van der Waals surface area contributed by atoms with E-state index in [-0.39, 0.29) is 10.6 Å². The van der Waals surface area contributed by atoms with Crippen molar-refractivity contribution in [2.24, 2.45) is 0 Å². The van der Waals surface area contributed by atoms with Crippen LogP contribution in [-0.2, 0) is 21.2 Å². The van der Waals surface area contributed by atoms with Crippen LogP contribution in [0.5, 0.6) is 0 Å². The molecule has 0 spiro atoms. The summed E-state index contributed by atoms with van der Waals surface area (Å²) in [5, 5.41) is 0.357. The quantitative estimate of drug-likeness (QED) is 0.579. The summed E-state index contributed by atoms with van der Waals surface area (Å²) in [6, 6.07) is 7.46. The summed E-state index contributed by atoms with van der Waals surface area (Å²) in [6.07, 6.45) is 2.37. The highest BCUT2D eigenvalue weighted by atomic mass is 35.5. The van der Waals surface area contributed by atoms with Crippen molar-refractivity contribution in [3.63, 3.8) is 0 Å². The molecule has 0 aliphatic carbocycles. The zero-order chi connectivity index (χ0) is 20.2. The number of sulfonamides is 1. The molecule has 0 saturated heterocycles. The lowest BCUT2D eigenvalue weighted by atomic mass is 10.2. The molecule has 0 aliphatic rings. The third-order valence-electron chi connectivity index (χ3n) is 3.97. The first kappa shape index (κ1) is 21.9. The first-order valence-electron chi connectivity index (χ1n) is 8.18. The maximum Gasteiger partial charge on any atom is 0.264 e. The van der Waals surface area contributed by atoms with Crippen LogP contribution in [0, 0.1) is 11.6 Å². The van der Waals surface area contributed by atoms with Gasteiger partial charge in [0.1, 0.15) is 17.4 Å². The highest BCUT2D eigenvalue weighted by molar-refractivity contribution is 7.92. The molecule has 0 saturated carbocycles. The molecule has 0 amide bonds. The van der Waals surface area contributed by atoms with Gasteiger partial charge in [-0.1, -0.05) is 22.8 Å². The van der Waals surface area contributed by atoms with Gasteiger partial charge in [0.2, 0.25) is 0 Å². The van der Waals surface area contributed by atoms with Crippen LogP contribution in [-0.4, -0.2) is 31.0 Å². The topological polar surface area (TPSA) is 60.4 Å². The molecular weight excluding hydrogens is 416 g/mol. The lowest BCUT2D eigenvalue weighted by Crippen LogP contribution is -2.39. The van der Waals surface area contributed by atoms with Gasteiger partial charge in [0.05, 0.1) is 16.8 Å². The molecular formula is C18H20ClF2NO3S2. The van der Waals surface area contributed by atoms with E-state index in [2.05, 4.69) is 0 Å². The molecule has 27 heavy (non-hydrogen) atoms. The fourth-order valence-corrected chi connectivity index (χ4v) is 5.06. The van der Waals surface area contributed by atoms with Gasteiger partial charge in [-0.05, 0) is 56.2 Å². The van der Waals surface area contributed by atoms with Crippen molar-refractivity contribution in [3.05, 3.63) is 59.1 Å². The van der Waals surface area contributed by atoms with Crippen LogP contribution in [0.3, 0.4) is 0 Å².